The maximum Gasteiger partial charge on any atom is 0.417 e. The molecule has 0 atom stereocenters. The van der Waals surface area contributed by atoms with Crippen molar-refractivity contribution in [1.29, 1.82) is 0 Å². The number of nitrogens with zero attached hydrogens (tertiary/aromatic N) is 2. The van der Waals surface area contributed by atoms with E-state index in [1.807, 2.05) is 0 Å². The van der Waals surface area contributed by atoms with Crippen molar-refractivity contribution >= 4 is 39.7 Å². The molecule has 146 valence electrons. The van der Waals surface area contributed by atoms with Crippen LogP contribution in [0.1, 0.15) is 5.56 Å². The standard InChI is InChI=1S/C17H10ClF4N3O3/c1-28-13-5-4-12-15(16(13)25(26)27)9(17(20,21)22)7-14(24-12)23-8-2-3-11(19)10(18)6-8/h2-7H,1H3,(H,23,24). The molecule has 28 heavy (non-hydrogen) atoms. The Labute approximate surface area is 159 Å². The number of nitro groups is 1. The van der Waals surface area contributed by atoms with Gasteiger partial charge < -0.3 is 10.1 Å². The summed E-state index contributed by atoms with van der Waals surface area (Å²) in [5, 5.41) is 13.0. The summed E-state index contributed by atoms with van der Waals surface area (Å²) in [6, 6.07) is 6.44. The first-order valence-electron chi connectivity index (χ1n) is 7.57. The van der Waals surface area contributed by atoms with Gasteiger partial charge >= 0.3 is 11.9 Å². The van der Waals surface area contributed by atoms with E-state index in [0.29, 0.717) is 6.07 Å². The summed E-state index contributed by atoms with van der Waals surface area (Å²) in [4.78, 5) is 14.4. The highest BCUT2D eigenvalue weighted by Gasteiger charge is 2.38. The second-order valence-corrected chi connectivity index (χ2v) is 5.98. The lowest BCUT2D eigenvalue weighted by Gasteiger charge is -2.15. The number of anilines is 2. The van der Waals surface area contributed by atoms with Crippen LogP contribution in [0.5, 0.6) is 5.75 Å². The number of benzene rings is 2. The van der Waals surface area contributed by atoms with E-state index >= 15 is 0 Å². The average molecular weight is 416 g/mol. The van der Waals surface area contributed by atoms with E-state index < -0.39 is 33.6 Å². The van der Waals surface area contributed by atoms with Gasteiger partial charge in [-0.05, 0) is 36.4 Å². The Kier molecular flexibility index (Phi) is 4.99. The molecule has 1 aromatic heterocycles. The molecular weight excluding hydrogens is 406 g/mol. The quantitative estimate of drug-likeness (QED) is 0.335. The first-order valence-corrected chi connectivity index (χ1v) is 7.95. The Morgan fingerprint density at radius 1 is 1.21 bits per heavy atom. The highest BCUT2D eigenvalue weighted by molar-refractivity contribution is 6.31. The number of rotatable bonds is 4. The van der Waals surface area contributed by atoms with Crippen molar-refractivity contribution in [2.24, 2.45) is 0 Å². The van der Waals surface area contributed by atoms with Crippen LogP contribution in [0.25, 0.3) is 10.9 Å². The van der Waals surface area contributed by atoms with Gasteiger partial charge in [0.2, 0.25) is 0 Å². The van der Waals surface area contributed by atoms with E-state index in [1.54, 1.807) is 0 Å². The third-order valence-corrected chi connectivity index (χ3v) is 4.10. The van der Waals surface area contributed by atoms with Crippen molar-refractivity contribution in [1.82, 2.24) is 4.98 Å². The van der Waals surface area contributed by atoms with Crippen LogP contribution in [-0.4, -0.2) is 17.0 Å². The first kappa shape index (κ1) is 19.6. The number of nitrogens with one attached hydrogen (secondary N) is 1. The number of alkyl halides is 3. The molecule has 0 aliphatic carbocycles. The summed E-state index contributed by atoms with van der Waals surface area (Å²) in [6.07, 6.45) is -4.91. The number of ether oxygens (including phenoxy) is 1. The number of hydrogen-bond donors (Lipinski definition) is 1. The van der Waals surface area contributed by atoms with Crippen LogP contribution >= 0.6 is 11.6 Å². The van der Waals surface area contributed by atoms with Crippen LogP contribution < -0.4 is 10.1 Å². The van der Waals surface area contributed by atoms with E-state index in [1.165, 1.54) is 18.2 Å². The average Bonchev–Trinajstić information content (AvgIpc) is 2.62. The maximum atomic E-state index is 13.6. The minimum Gasteiger partial charge on any atom is -0.490 e. The van der Waals surface area contributed by atoms with Gasteiger partial charge in [-0.25, -0.2) is 9.37 Å². The topological polar surface area (TPSA) is 77.3 Å². The molecule has 0 unspecified atom stereocenters. The highest BCUT2D eigenvalue weighted by Crippen LogP contribution is 2.43. The van der Waals surface area contributed by atoms with Crippen LogP contribution in [0.2, 0.25) is 5.02 Å². The molecule has 0 aliphatic rings. The lowest BCUT2D eigenvalue weighted by molar-refractivity contribution is -0.384. The third kappa shape index (κ3) is 3.63. The first-order chi connectivity index (χ1) is 13.1. The van der Waals surface area contributed by atoms with Crippen LogP contribution in [0.3, 0.4) is 0 Å². The minimum atomic E-state index is -4.91. The summed E-state index contributed by atoms with van der Waals surface area (Å²) >= 11 is 5.66. The van der Waals surface area contributed by atoms with E-state index in [4.69, 9.17) is 16.3 Å². The van der Waals surface area contributed by atoms with Crippen molar-refractivity contribution in [3.05, 3.63) is 62.9 Å². The summed E-state index contributed by atoms with van der Waals surface area (Å²) in [6.45, 7) is 0. The summed E-state index contributed by atoms with van der Waals surface area (Å²) in [5.74, 6) is -1.27. The maximum absolute atomic E-state index is 13.6. The van der Waals surface area contributed by atoms with E-state index in [0.717, 1.165) is 19.2 Å². The molecule has 0 bridgehead atoms. The molecule has 0 saturated heterocycles. The normalized spacial score (nSPS) is 11.5. The zero-order valence-electron chi connectivity index (χ0n) is 14.0. The second kappa shape index (κ2) is 7.12. The minimum absolute atomic E-state index is 0.189. The monoisotopic (exact) mass is 415 g/mol. The molecule has 0 aliphatic heterocycles. The molecule has 11 heteroatoms. The van der Waals surface area contributed by atoms with Gasteiger partial charge in [0.25, 0.3) is 0 Å². The summed E-state index contributed by atoms with van der Waals surface area (Å²) in [7, 11) is 1.11. The van der Waals surface area contributed by atoms with E-state index in [2.05, 4.69) is 10.3 Å². The van der Waals surface area contributed by atoms with Crippen LogP contribution in [0.4, 0.5) is 34.8 Å². The zero-order valence-corrected chi connectivity index (χ0v) is 14.7. The highest BCUT2D eigenvalue weighted by atomic mass is 35.5. The lowest BCUT2D eigenvalue weighted by atomic mass is 10.1. The number of halogens is 5. The molecule has 3 rings (SSSR count). The van der Waals surface area contributed by atoms with Gasteiger partial charge in [-0.1, -0.05) is 11.6 Å². The van der Waals surface area contributed by atoms with Crippen molar-refractivity contribution in [2.45, 2.75) is 6.18 Å². The van der Waals surface area contributed by atoms with Crippen LogP contribution in [0, 0.1) is 15.9 Å². The Balaban J connectivity index is 2.25. The van der Waals surface area contributed by atoms with Gasteiger partial charge in [-0.2, -0.15) is 13.2 Å². The number of pyridine rings is 1. The number of hydrogen-bond acceptors (Lipinski definition) is 5. The molecule has 0 radical (unpaired) electrons. The molecular formula is C17H10ClF4N3O3. The SMILES string of the molecule is COc1ccc2nc(Nc3ccc(F)c(Cl)c3)cc(C(F)(F)F)c2c1[N+](=O)[O-]. The Morgan fingerprint density at radius 3 is 2.50 bits per heavy atom. The van der Waals surface area contributed by atoms with Gasteiger partial charge in [0.15, 0.2) is 5.75 Å². The predicted octanol–water partition coefficient (Wildman–Crippen LogP) is 5.71. The fraction of sp³-hybridized carbons (Fsp3) is 0.118. The fourth-order valence-corrected chi connectivity index (χ4v) is 2.83. The van der Waals surface area contributed by atoms with Crippen molar-refractivity contribution < 1.29 is 27.2 Å². The summed E-state index contributed by atoms with van der Waals surface area (Å²) < 4.78 is 59.0. The predicted molar refractivity (Wildman–Crippen MR) is 94.6 cm³/mol. The molecule has 0 amide bonds. The molecule has 0 saturated carbocycles. The number of methoxy groups -OCH3 is 1. The smallest absolute Gasteiger partial charge is 0.417 e. The summed E-state index contributed by atoms with van der Waals surface area (Å²) in [5.41, 5.74) is -2.18. The number of nitro benzene ring substituents is 1. The molecule has 6 nitrogen and oxygen atoms in total. The van der Waals surface area contributed by atoms with Crippen molar-refractivity contribution in [3.8, 4) is 5.75 Å². The largest absolute Gasteiger partial charge is 0.490 e. The lowest BCUT2D eigenvalue weighted by Crippen LogP contribution is -2.10. The fourth-order valence-electron chi connectivity index (χ4n) is 2.65. The second-order valence-electron chi connectivity index (χ2n) is 5.57. The van der Waals surface area contributed by atoms with Gasteiger partial charge in [0, 0.05) is 5.69 Å². The Hall–Kier alpha value is -3.14. The van der Waals surface area contributed by atoms with Gasteiger partial charge in [-0.15, -0.1) is 0 Å². The third-order valence-electron chi connectivity index (χ3n) is 3.81. The molecule has 0 fully saturated rings. The molecule has 2 aromatic carbocycles. The molecule has 1 heterocycles. The molecule has 1 N–H and O–H groups in total. The zero-order chi connectivity index (χ0) is 20.6. The number of aromatic nitrogens is 1. The van der Waals surface area contributed by atoms with Gasteiger partial charge in [-0.3, -0.25) is 10.1 Å². The van der Waals surface area contributed by atoms with E-state index in [9.17, 15) is 27.7 Å². The van der Waals surface area contributed by atoms with Crippen molar-refractivity contribution in [2.75, 3.05) is 12.4 Å². The van der Waals surface area contributed by atoms with E-state index in [-0.39, 0.29) is 27.8 Å². The van der Waals surface area contributed by atoms with Crippen LogP contribution in [0.15, 0.2) is 36.4 Å². The van der Waals surface area contributed by atoms with Crippen LogP contribution in [-0.2, 0) is 6.18 Å². The van der Waals surface area contributed by atoms with Gasteiger partial charge in [0.05, 0.1) is 33.5 Å². The number of fused-ring (bicyclic) bond motifs is 1. The van der Waals surface area contributed by atoms with Crippen molar-refractivity contribution in [3.63, 3.8) is 0 Å². The Morgan fingerprint density at radius 2 is 1.93 bits per heavy atom. The molecule has 3 aromatic rings. The van der Waals surface area contributed by atoms with Gasteiger partial charge in [0.1, 0.15) is 11.6 Å². The molecule has 0 spiro atoms. The Bertz CT molecular complexity index is 1090.